The van der Waals surface area contributed by atoms with Gasteiger partial charge in [-0.3, -0.25) is 9.59 Å². The van der Waals surface area contributed by atoms with Gasteiger partial charge in [-0.05, 0) is 38.3 Å². The van der Waals surface area contributed by atoms with Gasteiger partial charge in [0.25, 0.3) is 0 Å². The van der Waals surface area contributed by atoms with Crippen LogP contribution in [0.15, 0.2) is 23.3 Å². The van der Waals surface area contributed by atoms with Crippen molar-refractivity contribution in [3.05, 3.63) is 23.3 Å². The van der Waals surface area contributed by atoms with Gasteiger partial charge in [0.05, 0.1) is 0 Å². The number of carbonyl (C=O) groups excluding carboxylic acids is 1. The lowest BCUT2D eigenvalue weighted by molar-refractivity contribution is -0.137. The van der Waals surface area contributed by atoms with Crippen LogP contribution in [0.25, 0.3) is 0 Å². The fourth-order valence-electron chi connectivity index (χ4n) is 1.34. The topological polar surface area (TPSA) is 54.4 Å². The molecule has 0 aromatic rings. The van der Waals surface area contributed by atoms with E-state index < -0.39 is 5.97 Å². The van der Waals surface area contributed by atoms with E-state index in [1.807, 2.05) is 13.8 Å². The minimum atomic E-state index is -0.743. The standard InChI is InChI=1S/C15H20O3/c1-3-14(12-16)11-13(2)9-7-5-4-6-8-10-15(17)18/h3,11-12H,4-6,8,10H2,1-2H3,(H,17,18)/b13-11+,14-3+. The molecule has 0 saturated carbocycles. The molecule has 0 saturated heterocycles. The van der Waals surface area contributed by atoms with Gasteiger partial charge < -0.3 is 5.11 Å². The molecule has 0 aliphatic heterocycles. The van der Waals surface area contributed by atoms with Crippen LogP contribution in [0.5, 0.6) is 0 Å². The number of hydrogen-bond acceptors (Lipinski definition) is 2. The van der Waals surface area contributed by atoms with E-state index in [9.17, 15) is 9.59 Å². The Kier molecular flexibility index (Phi) is 9.30. The van der Waals surface area contributed by atoms with Crippen LogP contribution in [-0.2, 0) is 9.59 Å². The number of carboxylic acids is 1. The van der Waals surface area contributed by atoms with Gasteiger partial charge in [-0.1, -0.05) is 24.3 Å². The minimum absolute atomic E-state index is 0.232. The van der Waals surface area contributed by atoms with E-state index in [2.05, 4.69) is 11.8 Å². The summed E-state index contributed by atoms with van der Waals surface area (Å²) in [6.07, 6.45) is 7.80. The first-order valence-electron chi connectivity index (χ1n) is 6.10. The summed E-state index contributed by atoms with van der Waals surface area (Å²) in [7, 11) is 0. The van der Waals surface area contributed by atoms with Crippen molar-refractivity contribution in [1.82, 2.24) is 0 Å². The Labute approximate surface area is 109 Å². The summed E-state index contributed by atoms with van der Waals surface area (Å²) in [5, 5.41) is 8.45. The first-order valence-corrected chi connectivity index (χ1v) is 6.10. The molecule has 0 amide bonds. The largest absolute Gasteiger partial charge is 0.481 e. The SMILES string of the molecule is C/C=C(C=O)\C=C(/C)C#CCCCCCC(=O)O. The molecule has 0 fully saturated rings. The average Bonchev–Trinajstić information content (AvgIpc) is 2.34. The lowest BCUT2D eigenvalue weighted by Gasteiger charge is -1.94. The van der Waals surface area contributed by atoms with Crippen molar-refractivity contribution in [2.24, 2.45) is 0 Å². The number of aliphatic carboxylic acids is 1. The average molecular weight is 248 g/mol. The van der Waals surface area contributed by atoms with Crippen LogP contribution >= 0.6 is 0 Å². The van der Waals surface area contributed by atoms with E-state index in [0.717, 1.165) is 31.1 Å². The molecule has 18 heavy (non-hydrogen) atoms. The van der Waals surface area contributed by atoms with Crippen LogP contribution in [0.3, 0.4) is 0 Å². The fourth-order valence-corrected chi connectivity index (χ4v) is 1.34. The summed E-state index contributed by atoms with van der Waals surface area (Å²) in [5.74, 6) is 5.25. The number of hydrogen-bond donors (Lipinski definition) is 1. The lowest BCUT2D eigenvalue weighted by Crippen LogP contribution is -1.93. The van der Waals surface area contributed by atoms with E-state index in [-0.39, 0.29) is 6.42 Å². The zero-order valence-electron chi connectivity index (χ0n) is 11.0. The second-order valence-corrected chi connectivity index (χ2v) is 3.99. The number of allylic oxidation sites excluding steroid dienone is 4. The van der Waals surface area contributed by atoms with Crippen molar-refractivity contribution in [3.63, 3.8) is 0 Å². The Hall–Kier alpha value is -1.82. The Bertz CT molecular complexity index is 392. The van der Waals surface area contributed by atoms with Crippen LogP contribution in [0.4, 0.5) is 0 Å². The van der Waals surface area contributed by atoms with Crippen molar-refractivity contribution >= 4 is 12.3 Å². The fraction of sp³-hybridized carbons (Fsp3) is 0.467. The molecular formula is C15H20O3. The Morgan fingerprint density at radius 1 is 1.28 bits per heavy atom. The summed E-state index contributed by atoms with van der Waals surface area (Å²) in [4.78, 5) is 20.8. The molecule has 1 N–H and O–H groups in total. The highest BCUT2D eigenvalue weighted by Crippen LogP contribution is 2.03. The lowest BCUT2D eigenvalue weighted by atomic mass is 10.1. The van der Waals surface area contributed by atoms with Gasteiger partial charge in [0, 0.05) is 18.4 Å². The maximum Gasteiger partial charge on any atom is 0.303 e. The van der Waals surface area contributed by atoms with Crippen molar-refractivity contribution in [1.29, 1.82) is 0 Å². The van der Waals surface area contributed by atoms with Crippen molar-refractivity contribution in [3.8, 4) is 11.8 Å². The van der Waals surface area contributed by atoms with Crippen LogP contribution in [0.1, 0.15) is 46.0 Å². The number of carbonyl (C=O) groups is 2. The molecular weight excluding hydrogens is 228 g/mol. The maximum absolute atomic E-state index is 10.6. The van der Waals surface area contributed by atoms with Crippen LogP contribution in [0, 0.1) is 11.8 Å². The molecule has 0 aliphatic carbocycles. The first-order chi connectivity index (χ1) is 8.60. The predicted molar refractivity (Wildman–Crippen MR) is 72.1 cm³/mol. The normalized spacial score (nSPS) is 11.7. The summed E-state index contributed by atoms with van der Waals surface area (Å²) in [5.41, 5.74) is 1.49. The predicted octanol–water partition coefficient (Wildman–Crippen LogP) is 3.12. The van der Waals surface area contributed by atoms with Gasteiger partial charge in [-0.15, -0.1) is 0 Å². The minimum Gasteiger partial charge on any atom is -0.481 e. The van der Waals surface area contributed by atoms with Crippen molar-refractivity contribution in [2.75, 3.05) is 0 Å². The summed E-state index contributed by atoms with van der Waals surface area (Å²) >= 11 is 0. The molecule has 0 aromatic carbocycles. The highest BCUT2D eigenvalue weighted by Gasteiger charge is 1.95. The molecule has 0 heterocycles. The molecule has 0 spiro atoms. The molecule has 0 radical (unpaired) electrons. The molecule has 3 heteroatoms. The van der Waals surface area contributed by atoms with Crippen molar-refractivity contribution in [2.45, 2.75) is 46.0 Å². The van der Waals surface area contributed by atoms with Crippen LogP contribution in [0.2, 0.25) is 0 Å². The van der Waals surface area contributed by atoms with Crippen LogP contribution < -0.4 is 0 Å². The smallest absolute Gasteiger partial charge is 0.303 e. The van der Waals surface area contributed by atoms with E-state index >= 15 is 0 Å². The van der Waals surface area contributed by atoms with E-state index in [0.29, 0.717) is 12.0 Å². The molecule has 0 atom stereocenters. The van der Waals surface area contributed by atoms with E-state index in [4.69, 9.17) is 5.11 Å². The summed E-state index contributed by atoms with van der Waals surface area (Å²) in [6.45, 7) is 3.67. The monoisotopic (exact) mass is 248 g/mol. The van der Waals surface area contributed by atoms with Crippen LogP contribution in [-0.4, -0.2) is 17.4 Å². The van der Waals surface area contributed by atoms with Gasteiger partial charge >= 0.3 is 5.97 Å². The number of unbranched alkanes of at least 4 members (excludes halogenated alkanes) is 3. The molecule has 0 unspecified atom stereocenters. The Morgan fingerprint density at radius 3 is 2.56 bits per heavy atom. The highest BCUT2D eigenvalue weighted by atomic mass is 16.4. The second-order valence-electron chi connectivity index (χ2n) is 3.99. The zero-order chi connectivity index (χ0) is 13.8. The molecule has 0 aliphatic rings. The van der Waals surface area contributed by atoms with Gasteiger partial charge in [0.15, 0.2) is 0 Å². The molecule has 3 nitrogen and oxygen atoms in total. The second kappa shape index (κ2) is 10.3. The Balaban J connectivity index is 3.90. The molecule has 0 aromatic heterocycles. The molecule has 0 rings (SSSR count). The first kappa shape index (κ1) is 16.2. The number of aldehydes is 1. The third-order valence-corrected chi connectivity index (χ3v) is 2.33. The maximum atomic E-state index is 10.6. The third-order valence-electron chi connectivity index (χ3n) is 2.33. The zero-order valence-corrected chi connectivity index (χ0v) is 11.0. The molecule has 98 valence electrons. The van der Waals surface area contributed by atoms with Gasteiger partial charge in [-0.2, -0.15) is 0 Å². The highest BCUT2D eigenvalue weighted by molar-refractivity contribution is 5.77. The van der Waals surface area contributed by atoms with Gasteiger partial charge in [0.2, 0.25) is 0 Å². The van der Waals surface area contributed by atoms with Crippen molar-refractivity contribution < 1.29 is 14.7 Å². The summed E-state index contributed by atoms with van der Waals surface area (Å²) < 4.78 is 0. The number of carboxylic acid groups (broad SMARTS) is 1. The molecule has 0 bridgehead atoms. The quantitative estimate of drug-likeness (QED) is 0.247. The van der Waals surface area contributed by atoms with E-state index in [1.165, 1.54) is 0 Å². The van der Waals surface area contributed by atoms with Gasteiger partial charge in [0.1, 0.15) is 6.29 Å². The Morgan fingerprint density at radius 2 is 2.00 bits per heavy atom. The van der Waals surface area contributed by atoms with Gasteiger partial charge in [-0.25, -0.2) is 0 Å². The summed E-state index contributed by atoms with van der Waals surface area (Å²) in [6, 6.07) is 0. The van der Waals surface area contributed by atoms with E-state index in [1.54, 1.807) is 12.2 Å². The third kappa shape index (κ3) is 9.41. The number of rotatable bonds is 7.